The van der Waals surface area contributed by atoms with Crippen LogP contribution in [0, 0.1) is 6.92 Å². The van der Waals surface area contributed by atoms with Crippen molar-refractivity contribution in [2.75, 3.05) is 19.5 Å². The number of sulfone groups is 1. The van der Waals surface area contributed by atoms with Crippen LogP contribution in [0.2, 0.25) is 0 Å². The Balaban J connectivity index is 1.51. The summed E-state index contributed by atoms with van der Waals surface area (Å²) in [7, 11) is -3.24. The van der Waals surface area contributed by atoms with Gasteiger partial charge in [0.25, 0.3) is 0 Å². The average molecular weight is 509 g/mol. The van der Waals surface area contributed by atoms with Crippen molar-refractivity contribution in [3.05, 3.63) is 72.3 Å². The second-order valence-corrected chi connectivity index (χ2v) is 10.5. The minimum Gasteiger partial charge on any atom is -0.494 e. The van der Waals surface area contributed by atoms with E-state index >= 15 is 0 Å². The van der Waals surface area contributed by atoms with Gasteiger partial charge in [0.1, 0.15) is 5.75 Å². The molecule has 0 atom stereocenters. The first-order valence-electron chi connectivity index (χ1n) is 11.9. The minimum absolute atomic E-state index is 0.246. The predicted octanol–water partition coefficient (Wildman–Crippen LogP) is 7.55. The van der Waals surface area contributed by atoms with Crippen LogP contribution in [0.25, 0.3) is 0 Å². The molecule has 0 saturated carbocycles. The van der Waals surface area contributed by atoms with E-state index in [9.17, 15) is 8.42 Å². The van der Waals surface area contributed by atoms with Crippen LogP contribution >= 0.6 is 0 Å². The van der Waals surface area contributed by atoms with Crippen molar-refractivity contribution in [3.63, 3.8) is 0 Å². The van der Waals surface area contributed by atoms with Crippen LogP contribution in [0.5, 0.6) is 5.75 Å². The van der Waals surface area contributed by atoms with Gasteiger partial charge in [0.15, 0.2) is 9.84 Å². The first-order chi connectivity index (χ1) is 17.3. The van der Waals surface area contributed by atoms with E-state index in [2.05, 4.69) is 20.5 Å². The number of aliphatic hydroxyl groups is 1. The first kappa shape index (κ1) is 27.2. The Bertz CT molecular complexity index is 1270. The molecule has 0 saturated heterocycles. The maximum absolute atomic E-state index is 11.6. The fraction of sp³-hybridized carbons (Fsp3) is 0.333. The second-order valence-electron chi connectivity index (χ2n) is 8.47. The van der Waals surface area contributed by atoms with Gasteiger partial charge in [0.2, 0.25) is 0 Å². The molecule has 0 amide bonds. The van der Waals surface area contributed by atoms with Crippen molar-refractivity contribution < 1.29 is 18.3 Å². The average Bonchev–Trinajstić information content (AvgIpc) is 2.87. The van der Waals surface area contributed by atoms with E-state index in [1.54, 1.807) is 12.1 Å². The Labute approximate surface area is 212 Å². The van der Waals surface area contributed by atoms with Crippen LogP contribution in [0.3, 0.4) is 0 Å². The van der Waals surface area contributed by atoms with E-state index in [0.29, 0.717) is 23.7 Å². The third-order valence-electron chi connectivity index (χ3n) is 5.41. The summed E-state index contributed by atoms with van der Waals surface area (Å²) in [6.07, 6.45) is 6.32. The van der Waals surface area contributed by atoms with Gasteiger partial charge < -0.3 is 9.84 Å². The van der Waals surface area contributed by atoms with Crippen LogP contribution in [0.1, 0.15) is 37.7 Å². The highest BCUT2D eigenvalue weighted by Crippen LogP contribution is 2.28. The summed E-state index contributed by atoms with van der Waals surface area (Å²) in [5, 5.41) is 25.8. The Kier molecular flexibility index (Phi) is 10.3. The molecule has 0 unspecified atom stereocenters. The van der Waals surface area contributed by atoms with Crippen LogP contribution in [0.4, 0.5) is 22.7 Å². The zero-order valence-electron chi connectivity index (χ0n) is 20.7. The fourth-order valence-electron chi connectivity index (χ4n) is 3.34. The van der Waals surface area contributed by atoms with Gasteiger partial charge >= 0.3 is 0 Å². The molecule has 0 aliphatic rings. The highest BCUT2D eigenvalue weighted by atomic mass is 32.2. The predicted molar refractivity (Wildman–Crippen MR) is 141 cm³/mol. The molecule has 3 aromatic carbocycles. The Morgan fingerprint density at radius 1 is 0.722 bits per heavy atom. The Morgan fingerprint density at radius 2 is 1.28 bits per heavy atom. The van der Waals surface area contributed by atoms with Gasteiger partial charge in [0.05, 0.1) is 34.3 Å². The zero-order valence-corrected chi connectivity index (χ0v) is 21.5. The standard InChI is InChI=1S/C27H32N4O4S/c1-21-20-24(12-17-27(21)31-29-23-10-15-26(16-11-23)36(2,33)34)30-28-22-8-13-25(14-9-22)35-19-7-5-3-4-6-18-32/h8-17,20,32H,3-7,18-19H2,1-2H3/b30-28+,31-29+. The summed E-state index contributed by atoms with van der Waals surface area (Å²) in [4.78, 5) is 0.246. The first-order valence-corrected chi connectivity index (χ1v) is 13.8. The maximum atomic E-state index is 11.6. The van der Waals surface area contributed by atoms with Crippen molar-refractivity contribution in [2.24, 2.45) is 20.5 Å². The summed E-state index contributed by atoms with van der Waals surface area (Å²) >= 11 is 0. The summed E-state index contributed by atoms with van der Waals surface area (Å²) in [5.74, 6) is 0.806. The molecule has 190 valence electrons. The molecule has 0 heterocycles. The molecule has 3 rings (SSSR count). The molecule has 9 heteroatoms. The molecular weight excluding hydrogens is 476 g/mol. The lowest BCUT2D eigenvalue weighted by molar-refractivity contribution is 0.278. The lowest BCUT2D eigenvalue weighted by Gasteiger charge is -2.06. The Morgan fingerprint density at radius 3 is 1.92 bits per heavy atom. The second kappa shape index (κ2) is 13.6. The molecule has 0 spiro atoms. The molecule has 1 N–H and O–H groups in total. The number of azo groups is 2. The number of unbranched alkanes of at least 4 members (excludes halogenated alkanes) is 4. The number of ether oxygens (including phenoxy) is 1. The van der Waals surface area contributed by atoms with E-state index in [4.69, 9.17) is 9.84 Å². The lowest BCUT2D eigenvalue weighted by atomic mass is 10.1. The normalized spacial score (nSPS) is 12.0. The Hall–Kier alpha value is -3.43. The van der Waals surface area contributed by atoms with Gasteiger partial charge in [-0.25, -0.2) is 8.42 Å². The number of benzene rings is 3. The van der Waals surface area contributed by atoms with E-state index in [1.165, 1.54) is 18.4 Å². The smallest absolute Gasteiger partial charge is 0.175 e. The summed E-state index contributed by atoms with van der Waals surface area (Å²) in [5.41, 5.74) is 3.57. The number of aliphatic hydroxyl groups excluding tert-OH is 1. The number of hydrogen-bond donors (Lipinski definition) is 1. The van der Waals surface area contributed by atoms with Crippen LogP contribution in [-0.4, -0.2) is 33.0 Å². The van der Waals surface area contributed by atoms with Gasteiger partial charge in [0, 0.05) is 12.9 Å². The van der Waals surface area contributed by atoms with Crippen molar-refractivity contribution in [2.45, 2.75) is 43.9 Å². The lowest BCUT2D eigenvalue weighted by Crippen LogP contribution is -1.97. The van der Waals surface area contributed by atoms with Crippen molar-refractivity contribution in [1.82, 2.24) is 0 Å². The van der Waals surface area contributed by atoms with Gasteiger partial charge in [-0.1, -0.05) is 19.3 Å². The summed E-state index contributed by atoms with van der Waals surface area (Å²) in [6, 6.07) is 19.3. The molecule has 0 aromatic heterocycles. The molecule has 36 heavy (non-hydrogen) atoms. The number of rotatable bonds is 13. The summed E-state index contributed by atoms with van der Waals surface area (Å²) in [6.45, 7) is 2.86. The van der Waals surface area contributed by atoms with Crippen LogP contribution in [-0.2, 0) is 9.84 Å². The van der Waals surface area contributed by atoms with Crippen molar-refractivity contribution in [3.8, 4) is 5.75 Å². The highest BCUT2D eigenvalue weighted by molar-refractivity contribution is 7.90. The highest BCUT2D eigenvalue weighted by Gasteiger charge is 2.06. The molecule has 3 aromatic rings. The fourth-order valence-corrected chi connectivity index (χ4v) is 3.97. The third-order valence-corrected chi connectivity index (χ3v) is 6.54. The third kappa shape index (κ3) is 8.98. The molecule has 0 bridgehead atoms. The van der Waals surface area contributed by atoms with Crippen molar-refractivity contribution >= 4 is 32.6 Å². The van der Waals surface area contributed by atoms with Gasteiger partial charge in [-0.2, -0.15) is 20.5 Å². The quantitative estimate of drug-likeness (QED) is 0.190. The molecule has 0 aliphatic carbocycles. The summed E-state index contributed by atoms with van der Waals surface area (Å²) < 4.78 is 28.9. The minimum atomic E-state index is -3.24. The van der Waals surface area contributed by atoms with Crippen LogP contribution < -0.4 is 4.74 Å². The van der Waals surface area contributed by atoms with E-state index in [0.717, 1.165) is 49.1 Å². The number of aryl methyl sites for hydroxylation is 1. The SMILES string of the molecule is Cc1cc(/N=N/c2ccc(OCCCCCCCO)cc2)ccc1/N=N/c1ccc(S(C)(=O)=O)cc1. The molecule has 8 nitrogen and oxygen atoms in total. The van der Waals surface area contributed by atoms with Crippen molar-refractivity contribution in [1.29, 1.82) is 0 Å². The molecule has 0 fully saturated rings. The van der Waals surface area contributed by atoms with Gasteiger partial charge in [-0.15, -0.1) is 0 Å². The van der Waals surface area contributed by atoms with E-state index in [-0.39, 0.29) is 11.5 Å². The van der Waals surface area contributed by atoms with Crippen LogP contribution in [0.15, 0.2) is 92.1 Å². The monoisotopic (exact) mass is 508 g/mol. The molecular formula is C27H32N4O4S. The maximum Gasteiger partial charge on any atom is 0.175 e. The molecule has 0 radical (unpaired) electrons. The topological polar surface area (TPSA) is 113 Å². The van der Waals surface area contributed by atoms with Gasteiger partial charge in [-0.3, -0.25) is 0 Å². The zero-order chi connectivity index (χ0) is 25.8. The molecule has 0 aliphatic heterocycles. The number of hydrogen-bond acceptors (Lipinski definition) is 8. The van der Waals surface area contributed by atoms with E-state index < -0.39 is 9.84 Å². The van der Waals surface area contributed by atoms with E-state index in [1.807, 2.05) is 49.4 Å². The van der Waals surface area contributed by atoms with Gasteiger partial charge in [-0.05, 0) is 92.1 Å². The number of nitrogens with zero attached hydrogens (tertiary/aromatic N) is 4. The largest absolute Gasteiger partial charge is 0.494 e.